The van der Waals surface area contributed by atoms with E-state index in [2.05, 4.69) is 20.6 Å². The first-order valence-electron chi connectivity index (χ1n) is 5.30. The molecule has 1 aromatic heterocycles. The Kier molecular flexibility index (Phi) is 5.04. The third kappa shape index (κ3) is 4.59. The van der Waals surface area contributed by atoms with Crippen molar-refractivity contribution in [3.63, 3.8) is 0 Å². The second kappa shape index (κ2) is 6.60. The molecule has 16 heavy (non-hydrogen) atoms. The van der Waals surface area contributed by atoms with Gasteiger partial charge in [-0.05, 0) is 6.42 Å². The van der Waals surface area contributed by atoms with Gasteiger partial charge in [-0.25, -0.2) is 4.98 Å². The molecule has 6 heteroatoms. The van der Waals surface area contributed by atoms with Crippen LogP contribution < -0.4 is 16.4 Å². The van der Waals surface area contributed by atoms with Gasteiger partial charge in [-0.2, -0.15) is 0 Å². The zero-order valence-electron chi connectivity index (χ0n) is 9.36. The van der Waals surface area contributed by atoms with Crippen LogP contribution in [0.3, 0.4) is 0 Å². The van der Waals surface area contributed by atoms with Gasteiger partial charge in [0.25, 0.3) is 0 Å². The van der Waals surface area contributed by atoms with E-state index in [0.29, 0.717) is 24.6 Å². The van der Waals surface area contributed by atoms with Crippen molar-refractivity contribution in [2.45, 2.75) is 19.8 Å². The van der Waals surface area contributed by atoms with E-state index in [1.165, 1.54) is 6.20 Å². The molecule has 1 heterocycles. The SMILES string of the molecule is CCCNC(=O)CCNc1cncc(N)n1. The predicted molar refractivity (Wildman–Crippen MR) is 62.9 cm³/mol. The van der Waals surface area contributed by atoms with Crippen LogP contribution in [0.4, 0.5) is 11.6 Å². The summed E-state index contributed by atoms with van der Waals surface area (Å²) in [6.45, 7) is 3.26. The minimum atomic E-state index is 0.0335. The Hall–Kier alpha value is -1.85. The topological polar surface area (TPSA) is 92.9 Å². The monoisotopic (exact) mass is 223 g/mol. The van der Waals surface area contributed by atoms with Crippen molar-refractivity contribution >= 4 is 17.5 Å². The summed E-state index contributed by atoms with van der Waals surface area (Å²) in [5.41, 5.74) is 5.46. The first-order chi connectivity index (χ1) is 7.72. The third-order valence-corrected chi connectivity index (χ3v) is 1.88. The lowest BCUT2D eigenvalue weighted by atomic mass is 10.3. The van der Waals surface area contributed by atoms with Crippen LogP contribution in [0, 0.1) is 0 Å². The van der Waals surface area contributed by atoms with E-state index in [4.69, 9.17) is 5.73 Å². The van der Waals surface area contributed by atoms with Gasteiger partial charge in [-0.1, -0.05) is 6.92 Å². The van der Waals surface area contributed by atoms with E-state index in [-0.39, 0.29) is 5.91 Å². The van der Waals surface area contributed by atoms with Crippen LogP contribution in [0.15, 0.2) is 12.4 Å². The van der Waals surface area contributed by atoms with Crippen LogP contribution in [0.1, 0.15) is 19.8 Å². The number of nitrogens with one attached hydrogen (secondary N) is 2. The number of nitrogens with two attached hydrogens (primary N) is 1. The fraction of sp³-hybridized carbons (Fsp3) is 0.500. The average molecular weight is 223 g/mol. The standard InChI is InChI=1S/C10H17N5O/c1-2-4-14-10(16)3-5-13-9-7-12-6-8(11)15-9/h6-7H,2-5H2,1H3,(H,14,16)(H3,11,13,15). The molecule has 4 N–H and O–H groups in total. The van der Waals surface area contributed by atoms with Gasteiger partial charge in [-0.15, -0.1) is 0 Å². The Morgan fingerprint density at radius 3 is 2.94 bits per heavy atom. The van der Waals surface area contributed by atoms with Gasteiger partial charge < -0.3 is 16.4 Å². The van der Waals surface area contributed by atoms with Crippen LogP contribution in [0.5, 0.6) is 0 Å². The maximum Gasteiger partial charge on any atom is 0.221 e. The highest BCUT2D eigenvalue weighted by Crippen LogP contribution is 2.02. The van der Waals surface area contributed by atoms with Crippen molar-refractivity contribution in [1.29, 1.82) is 0 Å². The molecule has 0 saturated heterocycles. The maximum atomic E-state index is 11.2. The molecular formula is C10H17N5O. The first-order valence-corrected chi connectivity index (χ1v) is 5.30. The fourth-order valence-corrected chi connectivity index (χ4v) is 1.12. The number of amides is 1. The summed E-state index contributed by atoms with van der Waals surface area (Å²) < 4.78 is 0. The van der Waals surface area contributed by atoms with E-state index in [1.54, 1.807) is 6.20 Å². The van der Waals surface area contributed by atoms with Crippen molar-refractivity contribution in [3.8, 4) is 0 Å². The van der Waals surface area contributed by atoms with Crippen LogP contribution in [-0.4, -0.2) is 29.0 Å². The van der Waals surface area contributed by atoms with E-state index >= 15 is 0 Å². The van der Waals surface area contributed by atoms with Crippen LogP contribution in [0.2, 0.25) is 0 Å². The van der Waals surface area contributed by atoms with E-state index in [9.17, 15) is 4.79 Å². The molecule has 0 aromatic carbocycles. The number of anilines is 2. The molecule has 0 aliphatic carbocycles. The molecule has 0 aliphatic rings. The van der Waals surface area contributed by atoms with Crippen LogP contribution in [-0.2, 0) is 4.79 Å². The summed E-state index contributed by atoms with van der Waals surface area (Å²) in [5.74, 6) is 0.981. The number of nitrogens with zero attached hydrogens (tertiary/aromatic N) is 2. The Bertz CT molecular complexity index is 342. The molecular weight excluding hydrogens is 206 g/mol. The number of rotatable bonds is 6. The molecule has 1 aromatic rings. The smallest absolute Gasteiger partial charge is 0.221 e. The average Bonchev–Trinajstić information content (AvgIpc) is 2.26. The largest absolute Gasteiger partial charge is 0.382 e. The highest BCUT2D eigenvalue weighted by atomic mass is 16.1. The fourth-order valence-electron chi connectivity index (χ4n) is 1.12. The number of nitrogen functional groups attached to an aromatic ring is 1. The zero-order chi connectivity index (χ0) is 11.8. The van der Waals surface area contributed by atoms with E-state index in [1.807, 2.05) is 6.92 Å². The molecule has 0 atom stereocenters. The second-order valence-corrected chi connectivity index (χ2v) is 3.36. The number of carbonyl (C=O) groups is 1. The lowest BCUT2D eigenvalue weighted by molar-refractivity contribution is -0.120. The van der Waals surface area contributed by atoms with Crippen LogP contribution in [0.25, 0.3) is 0 Å². The molecule has 0 unspecified atom stereocenters. The molecule has 6 nitrogen and oxygen atoms in total. The third-order valence-electron chi connectivity index (χ3n) is 1.88. The molecule has 88 valence electrons. The van der Waals surface area contributed by atoms with Gasteiger partial charge in [0.2, 0.25) is 5.91 Å². The lowest BCUT2D eigenvalue weighted by Crippen LogP contribution is -2.26. The number of hydrogen-bond acceptors (Lipinski definition) is 5. The van der Waals surface area contributed by atoms with E-state index in [0.717, 1.165) is 13.0 Å². The van der Waals surface area contributed by atoms with Crippen molar-refractivity contribution in [3.05, 3.63) is 12.4 Å². The predicted octanol–water partition coefficient (Wildman–Crippen LogP) is 0.387. The van der Waals surface area contributed by atoms with Gasteiger partial charge in [0.05, 0.1) is 12.4 Å². The normalized spacial score (nSPS) is 9.81. The van der Waals surface area contributed by atoms with Crippen LogP contribution >= 0.6 is 0 Å². The maximum absolute atomic E-state index is 11.2. The molecule has 1 rings (SSSR count). The van der Waals surface area contributed by atoms with Gasteiger partial charge in [0.1, 0.15) is 11.6 Å². The second-order valence-electron chi connectivity index (χ2n) is 3.36. The van der Waals surface area contributed by atoms with Gasteiger partial charge in [-0.3, -0.25) is 9.78 Å². The summed E-state index contributed by atoms with van der Waals surface area (Å²) >= 11 is 0. The highest BCUT2D eigenvalue weighted by molar-refractivity contribution is 5.76. The minimum Gasteiger partial charge on any atom is -0.382 e. The molecule has 0 fully saturated rings. The molecule has 0 bridgehead atoms. The highest BCUT2D eigenvalue weighted by Gasteiger charge is 2.00. The molecule has 0 spiro atoms. The van der Waals surface area contributed by atoms with Gasteiger partial charge >= 0.3 is 0 Å². The quantitative estimate of drug-likeness (QED) is 0.648. The Balaban J connectivity index is 2.22. The molecule has 1 amide bonds. The summed E-state index contributed by atoms with van der Waals surface area (Å²) in [6, 6.07) is 0. The van der Waals surface area contributed by atoms with Crippen molar-refractivity contribution in [2.75, 3.05) is 24.1 Å². The van der Waals surface area contributed by atoms with E-state index < -0.39 is 0 Å². The number of aromatic nitrogens is 2. The summed E-state index contributed by atoms with van der Waals surface area (Å²) in [7, 11) is 0. The number of carbonyl (C=O) groups excluding carboxylic acids is 1. The first kappa shape index (κ1) is 12.2. The molecule has 0 aliphatic heterocycles. The Morgan fingerprint density at radius 2 is 2.25 bits per heavy atom. The summed E-state index contributed by atoms with van der Waals surface area (Å²) in [5, 5.41) is 5.77. The minimum absolute atomic E-state index is 0.0335. The Morgan fingerprint density at radius 1 is 1.44 bits per heavy atom. The van der Waals surface area contributed by atoms with Crippen molar-refractivity contribution in [2.24, 2.45) is 0 Å². The lowest BCUT2D eigenvalue weighted by Gasteiger charge is -2.05. The van der Waals surface area contributed by atoms with Crippen molar-refractivity contribution in [1.82, 2.24) is 15.3 Å². The zero-order valence-corrected chi connectivity index (χ0v) is 9.36. The molecule has 0 radical (unpaired) electrons. The van der Waals surface area contributed by atoms with Gasteiger partial charge in [0, 0.05) is 19.5 Å². The molecule has 0 saturated carbocycles. The summed E-state index contributed by atoms with van der Waals surface area (Å²) in [6.07, 6.45) is 4.40. The number of hydrogen-bond donors (Lipinski definition) is 3. The van der Waals surface area contributed by atoms with Crippen molar-refractivity contribution < 1.29 is 4.79 Å². The van der Waals surface area contributed by atoms with Gasteiger partial charge in [0.15, 0.2) is 0 Å². The summed E-state index contributed by atoms with van der Waals surface area (Å²) in [4.78, 5) is 19.1. The Labute approximate surface area is 94.7 Å².